The molecule has 0 radical (unpaired) electrons. The fourth-order valence-electron chi connectivity index (χ4n) is 5.38. The fourth-order valence-corrected chi connectivity index (χ4v) is 6.42. The van der Waals surface area contributed by atoms with Crippen molar-refractivity contribution in [1.82, 2.24) is 0 Å². The summed E-state index contributed by atoms with van der Waals surface area (Å²) in [6.45, 7) is 3.96. The summed E-state index contributed by atoms with van der Waals surface area (Å²) in [5.41, 5.74) is 3.87. The molecule has 6 atom stereocenters. The van der Waals surface area contributed by atoms with Gasteiger partial charge in [-0.1, -0.05) is 34.1 Å². The van der Waals surface area contributed by atoms with E-state index in [0.29, 0.717) is 11.3 Å². The van der Waals surface area contributed by atoms with Crippen molar-refractivity contribution in [2.75, 3.05) is 10.6 Å². The van der Waals surface area contributed by atoms with Crippen molar-refractivity contribution in [3.05, 3.63) is 59.2 Å². The van der Waals surface area contributed by atoms with E-state index in [0.717, 1.165) is 23.2 Å². The quantitative estimate of drug-likeness (QED) is 0.508. The maximum Gasteiger partial charge on any atom is 0.310 e. The number of esters is 1. The molecule has 0 unspecified atom stereocenters. The van der Waals surface area contributed by atoms with Gasteiger partial charge in [0.2, 0.25) is 5.91 Å². The first-order valence-electron chi connectivity index (χ1n) is 10.5. The smallest absolute Gasteiger partial charge is 0.310 e. The van der Waals surface area contributed by atoms with Crippen LogP contribution in [0.4, 0.5) is 11.4 Å². The van der Waals surface area contributed by atoms with Gasteiger partial charge in [-0.05, 0) is 61.6 Å². The van der Waals surface area contributed by atoms with E-state index in [2.05, 4.69) is 26.6 Å². The van der Waals surface area contributed by atoms with Gasteiger partial charge in [0.15, 0.2) is 0 Å². The molecule has 7 heteroatoms. The molecule has 2 aromatic rings. The molecule has 1 heterocycles. The number of nitrogens with one attached hydrogen (secondary N) is 2. The highest BCUT2D eigenvalue weighted by molar-refractivity contribution is 9.09. The van der Waals surface area contributed by atoms with Crippen molar-refractivity contribution in [3.8, 4) is 0 Å². The Morgan fingerprint density at radius 1 is 1.06 bits per heavy atom. The van der Waals surface area contributed by atoms with Gasteiger partial charge in [-0.3, -0.25) is 14.4 Å². The number of fused-ring (bicyclic) bond motifs is 1. The number of amides is 2. The van der Waals surface area contributed by atoms with Crippen molar-refractivity contribution in [1.29, 1.82) is 0 Å². The van der Waals surface area contributed by atoms with Crippen molar-refractivity contribution in [2.24, 2.45) is 23.7 Å². The molecule has 2 amide bonds. The number of carbonyl (C=O) groups is 3. The lowest BCUT2D eigenvalue weighted by Crippen LogP contribution is -2.40. The number of halogens is 1. The van der Waals surface area contributed by atoms with Crippen molar-refractivity contribution in [2.45, 2.75) is 31.2 Å². The molecular weight excluding hydrogens is 460 g/mol. The van der Waals surface area contributed by atoms with Crippen LogP contribution in [0.3, 0.4) is 0 Å². The molecule has 160 valence electrons. The second-order valence-electron chi connectivity index (χ2n) is 8.73. The summed E-state index contributed by atoms with van der Waals surface area (Å²) in [6.07, 6.45) is 0.719. The lowest BCUT2D eigenvalue weighted by atomic mass is 9.79. The maximum absolute atomic E-state index is 13.1. The molecule has 3 aliphatic rings. The van der Waals surface area contributed by atoms with E-state index in [9.17, 15) is 14.4 Å². The minimum atomic E-state index is -0.409. The van der Waals surface area contributed by atoms with Gasteiger partial charge < -0.3 is 15.4 Å². The summed E-state index contributed by atoms with van der Waals surface area (Å²) in [6, 6.07) is 12.6. The Labute approximate surface area is 188 Å². The monoisotopic (exact) mass is 482 g/mol. The highest BCUT2D eigenvalue weighted by Crippen LogP contribution is 2.60. The summed E-state index contributed by atoms with van der Waals surface area (Å²) in [5.74, 6) is -1.26. The third-order valence-electron chi connectivity index (χ3n) is 7.07. The zero-order valence-electron chi connectivity index (χ0n) is 17.2. The zero-order valence-corrected chi connectivity index (χ0v) is 18.8. The van der Waals surface area contributed by atoms with Crippen LogP contribution in [0.1, 0.15) is 27.9 Å². The van der Waals surface area contributed by atoms with Crippen LogP contribution in [0.5, 0.6) is 0 Å². The van der Waals surface area contributed by atoms with E-state index in [1.807, 2.05) is 32.0 Å². The van der Waals surface area contributed by atoms with Gasteiger partial charge in [-0.25, -0.2) is 0 Å². The Morgan fingerprint density at radius 2 is 1.84 bits per heavy atom. The lowest BCUT2D eigenvalue weighted by molar-refractivity contribution is -0.145. The minimum Gasteiger partial charge on any atom is -0.461 e. The molecule has 2 bridgehead atoms. The lowest BCUT2D eigenvalue weighted by Gasteiger charge is -2.27. The topological polar surface area (TPSA) is 84.5 Å². The SMILES string of the molecule is Cc1cccc(NC(=O)c2cccc(NC(=O)[C@@H]3[C@H]4C[C@H]5[C@H](OC(=O)[C@@H]53)[C@@H]4Br)c2)c1C. The van der Waals surface area contributed by atoms with Crippen molar-refractivity contribution >= 4 is 45.1 Å². The van der Waals surface area contributed by atoms with Crippen LogP contribution in [0.25, 0.3) is 0 Å². The molecule has 3 fully saturated rings. The Bertz CT molecular complexity index is 1100. The standard InChI is InChI=1S/C24H23BrN2O4/c1-11-5-3-8-17(12(11)2)27-22(28)13-6-4-7-14(9-13)26-23(29)18-15-10-16-19(18)24(30)31-21(16)20(15)25/h3-9,15-16,18-21H,10H2,1-2H3,(H,26,29)(H,27,28)/t15-,16-,18-,19+,20-,21+/m1/s1. The molecule has 6 nitrogen and oxygen atoms in total. The molecule has 2 saturated carbocycles. The second-order valence-corrected chi connectivity index (χ2v) is 9.79. The van der Waals surface area contributed by atoms with Gasteiger partial charge in [-0.2, -0.15) is 0 Å². The number of carbonyl (C=O) groups excluding carboxylic acids is 3. The van der Waals surface area contributed by atoms with Crippen molar-refractivity contribution < 1.29 is 19.1 Å². The molecule has 2 aromatic carbocycles. The summed E-state index contributed by atoms with van der Waals surface area (Å²) < 4.78 is 5.49. The number of benzene rings is 2. The Kier molecular flexibility index (Phi) is 4.88. The first-order valence-corrected chi connectivity index (χ1v) is 11.4. The van der Waals surface area contributed by atoms with Crippen LogP contribution in [0.2, 0.25) is 0 Å². The number of hydrogen-bond acceptors (Lipinski definition) is 4. The molecule has 5 rings (SSSR count). The van der Waals surface area contributed by atoms with E-state index in [1.165, 1.54) is 0 Å². The number of anilines is 2. The van der Waals surface area contributed by atoms with E-state index in [4.69, 9.17) is 4.74 Å². The normalized spacial score (nSPS) is 30.2. The van der Waals surface area contributed by atoms with E-state index in [-0.39, 0.29) is 46.5 Å². The van der Waals surface area contributed by atoms with Crippen LogP contribution >= 0.6 is 15.9 Å². The van der Waals surface area contributed by atoms with Gasteiger partial charge in [0, 0.05) is 22.9 Å². The Morgan fingerprint density at radius 3 is 2.65 bits per heavy atom. The summed E-state index contributed by atoms with van der Waals surface area (Å²) in [4.78, 5) is 38.2. The number of ether oxygens (including phenoxy) is 1. The minimum absolute atomic E-state index is 0.0191. The first kappa shape index (κ1) is 20.2. The Balaban J connectivity index is 1.32. The molecule has 0 aromatic heterocycles. The number of aryl methyl sites for hydroxylation is 1. The van der Waals surface area contributed by atoms with Gasteiger partial charge in [-0.15, -0.1) is 0 Å². The fraction of sp³-hybridized carbons (Fsp3) is 0.375. The van der Waals surface area contributed by atoms with Crippen LogP contribution in [0, 0.1) is 37.5 Å². The molecule has 1 saturated heterocycles. The van der Waals surface area contributed by atoms with E-state index < -0.39 is 5.92 Å². The van der Waals surface area contributed by atoms with Crippen LogP contribution < -0.4 is 10.6 Å². The predicted molar refractivity (Wildman–Crippen MR) is 120 cm³/mol. The zero-order chi connectivity index (χ0) is 21.9. The van der Waals surface area contributed by atoms with Gasteiger partial charge in [0.1, 0.15) is 6.10 Å². The summed E-state index contributed by atoms with van der Waals surface area (Å²) in [5, 5.41) is 5.86. The maximum atomic E-state index is 13.1. The van der Waals surface area contributed by atoms with E-state index in [1.54, 1.807) is 24.3 Å². The number of alkyl halides is 1. The highest BCUT2D eigenvalue weighted by atomic mass is 79.9. The molecule has 0 spiro atoms. The number of rotatable bonds is 4. The van der Waals surface area contributed by atoms with Gasteiger partial charge in [0.05, 0.1) is 16.7 Å². The molecular formula is C24H23BrN2O4. The average molecular weight is 483 g/mol. The predicted octanol–water partition coefficient (Wildman–Crippen LogP) is 4.07. The average Bonchev–Trinajstić information content (AvgIpc) is 3.36. The van der Waals surface area contributed by atoms with Crippen LogP contribution in [-0.2, 0) is 14.3 Å². The number of hydrogen-bond donors (Lipinski definition) is 2. The van der Waals surface area contributed by atoms with Crippen LogP contribution in [-0.4, -0.2) is 28.7 Å². The van der Waals surface area contributed by atoms with Crippen LogP contribution in [0.15, 0.2) is 42.5 Å². The third kappa shape index (κ3) is 3.26. The first-order chi connectivity index (χ1) is 14.8. The Hall–Kier alpha value is -2.67. The molecule has 2 aliphatic carbocycles. The summed E-state index contributed by atoms with van der Waals surface area (Å²) >= 11 is 3.63. The molecule has 2 N–H and O–H groups in total. The highest BCUT2D eigenvalue weighted by Gasteiger charge is 2.67. The largest absolute Gasteiger partial charge is 0.461 e. The van der Waals surface area contributed by atoms with Gasteiger partial charge >= 0.3 is 5.97 Å². The summed E-state index contributed by atoms with van der Waals surface area (Å²) in [7, 11) is 0. The van der Waals surface area contributed by atoms with E-state index >= 15 is 0 Å². The third-order valence-corrected chi connectivity index (χ3v) is 8.27. The molecule has 31 heavy (non-hydrogen) atoms. The molecule has 1 aliphatic heterocycles. The second kappa shape index (κ2) is 7.48. The van der Waals surface area contributed by atoms with Gasteiger partial charge in [0.25, 0.3) is 5.91 Å². The van der Waals surface area contributed by atoms with Crippen molar-refractivity contribution in [3.63, 3.8) is 0 Å².